The van der Waals surface area contributed by atoms with Gasteiger partial charge in [-0.25, -0.2) is 9.67 Å². The van der Waals surface area contributed by atoms with Crippen LogP contribution in [0.1, 0.15) is 34.0 Å². The second-order valence-electron chi connectivity index (χ2n) is 5.85. The van der Waals surface area contributed by atoms with Gasteiger partial charge < -0.3 is 10.3 Å². The summed E-state index contributed by atoms with van der Waals surface area (Å²) in [4.78, 5) is 19.7. The smallest absolute Gasteiger partial charge is 0.272 e. The van der Waals surface area contributed by atoms with Gasteiger partial charge >= 0.3 is 0 Å². The van der Waals surface area contributed by atoms with Crippen molar-refractivity contribution in [3.63, 3.8) is 0 Å². The fourth-order valence-electron chi connectivity index (χ4n) is 3.11. The van der Waals surface area contributed by atoms with Crippen molar-refractivity contribution in [3.8, 4) is 5.69 Å². The highest BCUT2D eigenvalue weighted by Gasteiger charge is 2.27. The van der Waals surface area contributed by atoms with Crippen LogP contribution in [0.4, 0.5) is 0 Å². The Balaban J connectivity index is 1.66. The summed E-state index contributed by atoms with van der Waals surface area (Å²) in [6.07, 6.45) is 6.07. The molecule has 1 aliphatic rings. The molecule has 2 heterocycles. The number of aromatic amines is 1. The number of H-pyrrole nitrogens is 1. The first kappa shape index (κ1) is 16.2. The number of carbonyl (C=O) groups is 1. The molecule has 0 unspecified atom stereocenters. The summed E-state index contributed by atoms with van der Waals surface area (Å²) in [5.74, 6) is 0.489. The maximum Gasteiger partial charge on any atom is 0.272 e. The second-order valence-corrected chi connectivity index (χ2v) is 6.70. The standard InChI is InChI=1S/C17H15Cl2N5O/c18-10-4-5-14(12(19)8-10)24-13-3-1-2-11(13)16(23-24)17(25)22-9-15-20-6-7-21-15/h4-8H,1-3,9H2,(H,20,21)(H,22,25). The largest absolute Gasteiger partial charge is 0.347 e. The fraction of sp³-hybridized carbons (Fsp3) is 0.235. The summed E-state index contributed by atoms with van der Waals surface area (Å²) in [7, 11) is 0. The SMILES string of the molecule is O=C(NCc1ncc[nH]1)c1nn(-c2ccc(Cl)cc2Cl)c2c1CCC2. The molecular formula is C17H15Cl2N5O. The quantitative estimate of drug-likeness (QED) is 0.734. The van der Waals surface area contributed by atoms with E-state index in [9.17, 15) is 4.79 Å². The van der Waals surface area contributed by atoms with Gasteiger partial charge in [-0.3, -0.25) is 4.79 Å². The Bertz CT molecular complexity index is 933. The van der Waals surface area contributed by atoms with Crippen molar-refractivity contribution in [1.82, 2.24) is 25.1 Å². The number of rotatable bonds is 4. The van der Waals surface area contributed by atoms with E-state index >= 15 is 0 Å². The van der Waals surface area contributed by atoms with Crippen molar-refractivity contribution < 1.29 is 4.79 Å². The number of amides is 1. The first-order valence-electron chi connectivity index (χ1n) is 7.96. The van der Waals surface area contributed by atoms with Crippen LogP contribution in [-0.2, 0) is 19.4 Å². The fourth-order valence-corrected chi connectivity index (χ4v) is 3.60. The lowest BCUT2D eigenvalue weighted by Crippen LogP contribution is -2.25. The molecular weight excluding hydrogens is 361 g/mol. The first-order valence-corrected chi connectivity index (χ1v) is 8.71. The van der Waals surface area contributed by atoms with Crippen molar-refractivity contribution >= 4 is 29.1 Å². The van der Waals surface area contributed by atoms with Gasteiger partial charge in [-0.1, -0.05) is 23.2 Å². The molecule has 0 saturated heterocycles. The monoisotopic (exact) mass is 375 g/mol. The molecule has 1 aliphatic carbocycles. The predicted octanol–water partition coefficient (Wildman–Crippen LogP) is 3.32. The molecule has 0 atom stereocenters. The zero-order chi connectivity index (χ0) is 17.4. The number of carbonyl (C=O) groups excluding carboxylic acids is 1. The van der Waals surface area contributed by atoms with Crippen LogP contribution < -0.4 is 5.32 Å². The molecule has 2 aromatic heterocycles. The maximum absolute atomic E-state index is 12.6. The Labute approximate surface area is 154 Å². The average molecular weight is 376 g/mol. The molecule has 4 rings (SSSR count). The number of imidazole rings is 1. The number of nitrogens with one attached hydrogen (secondary N) is 2. The minimum atomic E-state index is -0.210. The summed E-state index contributed by atoms with van der Waals surface area (Å²) in [6.45, 7) is 0.329. The number of nitrogens with zero attached hydrogens (tertiary/aromatic N) is 3. The second kappa shape index (κ2) is 6.54. The van der Waals surface area contributed by atoms with E-state index in [1.165, 1.54) is 0 Å². The third kappa shape index (κ3) is 3.03. The molecule has 2 N–H and O–H groups in total. The third-order valence-corrected chi connectivity index (χ3v) is 4.79. The van der Waals surface area contributed by atoms with Gasteiger partial charge in [-0.2, -0.15) is 5.10 Å². The predicted molar refractivity (Wildman–Crippen MR) is 95.4 cm³/mol. The minimum Gasteiger partial charge on any atom is -0.347 e. The van der Waals surface area contributed by atoms with Crippen LogP contribution in [0, 0.1) is 0 Å². The number of hydrogen-bond donors (Lipinski definition) is 2. The van der Waals surface area contributed by atoms with Gasteiger partial charge in [0.1, 0.15) is 5.82 Å². The zero-order valence-electron chi connectivity index (χ0n) is 13.2. The van der Waals surface area contributed by atoms with Gasteiger partial charge in [0.05, 0.1) is 17.3 Å². The summed E-state index contributed by atoms with van der Waals surface area (Å²) in [6, 6.07) is 5.27. The van der Waals surface area contributed by atoms with E-state index in [-0.39, 0.29) is 5.91 Å². The van der Waals surface area contributed by atoms with Crippen molar-refractivity contribution in [2.24, 2.45) is 0 Å². The number of halogens is 2. The number of hydrogen-bond acceptors (Lipinski definition) is 3. The van der Waals surface area contributed by atoms with E-state index in [0.29, 0.717) is 28.1 Å². The van der Waals surface area contributed by atoms with Crippen LogP contribution >= 0.6 is 23.2 Å². The first-order chi connectivity index (χ1) is 12.1. The Morgan fingerprint density at radius 1 is 1.32 bits per heavy atom. The molecule has 0 radical (unpaired) electrons. The average Bonchev–Trinajstić information content (AvgIpc) is 3.31. The van der Waals surface area contributed by atoms with Gasteiger partial charge in [0, 0.05) is 28.7 Å². The van der Waals surface area contributed by atoms with Crippen LogP contribution in [-0.4, -0.2) is 25.7 Å². The van der Waals surface area contributed by atoms with E-state index in [2.05, 4.69) is 20.4 Å². The lowest BCUT2D eigenvalue weighted by molar-refractivity contribution is 0.0943. The van der Waals surface area contributed by atoms with E-state index in [0.717, 1.165) is 36.2 Å². The van der Waals surface area contributed by atoms with Gasteiger partial charge in [0.2, 0.25) is 0 Å². The summed E-state index contributed by atoms with van der Waals surface area (Å²) >= 11 is 12.3. The van der Waals surface area contributed by atoms with Crippen molar-refractivity contribution in [3.05, 3.63) is 63.4 Å². The van der Waals surface area contributed by atoms with Gasteiger partial charge in [0.15, 0.2) is 5.69 Å². The summed E-state index contributed by atoms with van der Waals surface area (Å²) in [5.41, 5.74) is 3.20. The topological polar surface area (TPSA) is 75.6 Å². The van der Waals surface area contributed by atoms with Crippen LogP contribution in [0.2, 0.25) is 10.0 Å². The minimum absolute atomic E-state index is 0.210. The van der Waals surface area contributed by atoms with Gasteiger partial charge in [0.25, 0.3) is 5.91 Å². The van der Waals surface area contributed by atoms with E-state index in [1.54, 1.807) is 29.2 Å². The van der Waals surface area contributed by atoms with E-state index < -0.39 is 0 Å². The number of aromatic nitrogens is 4. The highest BCUT2D eigenvalue weighted by atomic mass is 35.5. The zero-order valence-corrected chi connectivity index (χ0v) is 14.7. The lowest BCUT2D eigenvalue weighted by Gasteiger charge is -2.08. The molecule has 0 spiro atoms. The highest BCUT2D eigenvalue weighted by molar-refractivity contribution is 6.35. The molecule has 8 heteroatoms. The van der Waals surface area contributed by atoms with E-state index in [1.807, 2.05) is 6.07 Å². The molecule has 0 bridgehead atoms. The molecule has 1 amide bonds. The Morgan fingerprint density at radius 2 is 2.20 bits per heavy atom. The molecule has 3 aromatic rings. The Hall–Kier alpha value is -2.31. The number of benzene rings is 1. The molecule has 1 aromatic carbocycles. The Morgan fingerprint density at radius 3 is 2.96 bits per heavy atom. The lowest BCUT2D eigenvalue weighted by atomic mass is 10.2. The molecule has 6 nitrogen and oxygen atoms in total. The van der Waals surface area contributed by atoms with E-state index in [4.69, 9.17) is 23.2 Å². The normalized spacial score (nSPS) is 13.0. The molecule has 0 fully saturated rings. The molecule has 25 heavy (non-hydrogen) atoms. The summed E-state index contributed by atoms with van der Waals surface area (Å²) in [5, 5.41) is 8.47. The van der Waals surface area contributed by atoms with Crippen LogP contribution in [0.3, 0.4) is 0 Å². The van der Waals surface area contributed by atoms with Gasteiger partial charge in [-0.15, -0.1) is 0 Å². The number of fused-ring (bicyclic) bond motifs is 1. The van der Waals surface area contributed by atoms with Crippen molar-refractivity contribution in [2.75, 3.05) is 0 Å². The maximum atomic E-state index is 12.6. The molecule has 0 aliphatic heterocycles. The van der Waals surface area contributed by atoms with Crippen molar-refractivity contribution in [2.45, 2.75) is 25.8 Å². The van der Waals surface area contributed by atoms with Crippen LogP contribution in [0.25, 0.3) is 5.69 Å². The summed E-state index contributed by atoms with van der Waals surface area (Å²) < 4.78 is 1.77. The highest BCUT2D eigenvalue weighted by Crippen LogP contribution is 2.31. The Kier molecular flexibility index (Phi) is 4.23. The van der Waals surface area contributed by atoms with Crippen LogP contribution in [0.5, 0.6) is 0 Å². The molecule has 128 valence electrons. The van der Waals surface area contributed by atoms with Crippen molar-refractivity contribution in [1.29, 1.82) is 0 Å². The van der Waals surface area contributed by atoms with Crippen LogP contribution in [0.15, 0.2) is 30.6 Å². The van der Waals surface area contributed by atoms with Gasteiger partial charge in [-0.05, 0) is 37.5 Å². The molecule has 0 saturated carbocycles. The third-order valence-electron chi connectivity index (χ3n) is 4.25.